The molecule has 3 unspecified atom stereocenters. The SMILES string of the molecule is CC1=C(C(=O)CCCCCCCC/C=C/C(C)C(=O)CC(O)CC2CC(=O)NC(=O)C2)C(=O)OC1O. The van der Waals surface area contributed by atoms with Crippen LogP contribution >= 0.6 is 0 Å². The summed E-state index contributed by atoms with van der Waals surface area (Å²) in [7, 11) is 0. The molecule has 36 heavy (non-hydrogen) atoms. The van der Waals surface area contributed by atoms with Crippen LogP contribution in [0.3, 0.4) is 0 Å². The Labute approximate surface area is 212 Å². The van der Waals surface area contributed by atoms with E-state index < -0.39 is 18.4 Å². The minimum Gasteiger partial charge on any atom is -0.428 e. The Kier molecular flexibility index (Phi) is 12.2. The van der Waals surface area contributed by atoms with E-state index >= 15 is 0 Å². The first kappa shape index (κ1) is 29.6. The van der Waals surface area contributed by atoms with Crippen molar-refractivity contribution in [1.29, 1.82) is 0 Å². The van der Waals surface area contributed by atoms with E-state index in [1.54, 1.807) is 6.92 Å². The zero-order valence-electron chi connectivity index (χ0n) is 21.3. The maximum absolute atomic E-state index is 12.4. The number of rotatable bonds is 16. The van der Waals surface area contributed by atoms with Gasteiger partial charge < -0.3 is 14.9 Å². The molecule has 3 N–H and O–H groups in total. The molecule has 0 bridgehead atoms. The van der Waals surface area contributed by atoms with E-state index in [4.69, 9.17) is 0 Å². The second-order valence-electron chi connectivity index (χ2n) is 9.92. The van der Waals surface area contributed by atoms with Crippen LogP contribution in [0.2, 0.25) is 0 Å². The van der Waals surface area contributed by atoms with Gasteiger partial charge in [0.1, 0.15) is 11.4 Å². The van der Waals surface area contributed by atoms with Gasteiger partial charge in [0.25, 0.3) is 0 Å². The molecule has 9 heteroatoms. The largest absolute Gasteiger partial charge is 0.428 e. The third-order valence-electron chi connectivity index (χ3n) is 6.69. The highest BCUT2D eigenvalue weighted by atomic mass is 16.6. The minimum absolute atomic E-state index is 0.00810. The van der Waals surface area contributed by atoms with E-state index in [1.165, 1.54) is 6.92 Å². The Hall–Kier alpha value is -2.65. The molecular formula is C27H39NO8. The van der Waals surface area contributed by atoms with Crippen molar-refractivity contribution in [3.05, 3.63) is 23.3 Å². The predicted molar refractivity (Wildman–Crippen MR) is 131 cm³/mol. The molecule has 0 aromatic rings. The summed E-state index contributed by atoms with van der Waals surface area (Å²) in [6.07, 6.45) is 9.13. The number of esters is 1. The summed E-state index contributed by atoms with van der Waals surface area (Å²) in [5.41, 5.74) is 0.282. The van der Waals surface area contributed by atoms with Gasteiger partial charge in [-0.25, -0.2) is 4.79 Å². The summed E-state index contributed by atoms with van der Waals surface area (Å²) < 4.78 is 4.64. The molecule has 1 fully saturated rings. The van der Waals surface area contributed by atoms with Gasteiger partial charge in [-0.3, -0.25) is 24.5 Å². The summed E-state index contributed by atoms with van der Waals surface area (Å²) in [6.45, 7) is 3.33. The van der Waals surface area contributed by atoms with E-state index in [0.29, 0.717) is 6.42 Å². The van der Waals surface area contributed by atoms with Gasteiger partial charge in [-0.05, 0) is 38.5 Å². The van der Waals surface area contributed by atoms with Gasteiger partial charge in [0, 0.05) is 37.2 Å². The first-order chi connectivity index (χ1) is 17.1. The highest BCUT2D eigenvalue weighted by Gasteiger charge is 2.33. The fourth-order valence-electron chi connectivity index (χ4n) is 4.56. The molecule has 0 spiro atoms. The number of Topliss-reactive ketones (excluding diaryl/α,β-unsaturated/α-hetero) is 2. The molecule has 9 nitrogen and oxygen atoms in total. The lowest BCUT2D eigenvalue weighted by atomic mass is 9.88. The van der Waals surface area contributed by atoms with Crippen molar-refractivity contribution in [1.82, 2.24) is 5.32 Å². The smallest absolute Gasteiger partial charge is 0.344 e. The second kappa shape index (κ2) is 14.8. The van der Waals surface area contributed by atoms with Gasteiger partial charge in [-0.1, -0.05) is 44.8 Å². The van der Waals surface area contributed by atoms with Crippen LogP contribution in [0.1, 0.15) is 90.9 Å². The molecular weight excluding hydrogens is 466 g/mol. The second-order valence-corrected chi connectivity index (χ2v) is 9.92. The van der Waals surface area contributed by atoms with E-state index in [0.717, 1.165) is 38.5 Å². The molecule has 2 amide bonds. The van der Waals surface area contributed by atoms with E-state index in [-0.39, 0.29) is 78.5 Å². The first-order valence-electron chi connectivity index (χ1n) is 12.9. The van der Waals surface area contributed by atoms with Crippen molar-refractivity contribution in [3.63, 3.8) is 0 Å². The van der Waals surface area contributed by atoms with Crippen LogP contribution in [-0.4, -0.2) is 52.0 Å². The highest BCUT2D eigenvalue weighted by Crippen LogP contribution is 2.24. The molecule has 0 aromatic heterocycles. The van der Waals surface area contributed by atoms with Crippen LogP contribution in [0.25, 0.3) is 0 Å². The average Bonchev–Trinajstić information content (AvgIpc) is 3.04. The molecule has 2 rings (SSSR count). The quantitative estimate of drug-likeness (QED) is 0.0954. The molecule has 0 saturated carbocycles. The van der Waals surface area contributed by atoms with Crippen molar-refractivity contribution >= 4 is 29.4 Å². The first-order valence-corrected chi connectivity index (χ1v) is 12.9. The molecule has 0 aromatic carbocycles. The number of piperidine rings is 1. The maximum Gasteiger partial charge on any atom is 0.344 e. The van der Waals surface area contributed by atoms with Crippen molar-refractivity contribution in [2.45, 2.75) is 103 Å². The summed E-state index contributed by atoms with van der Waals surface area (Å²) >= 11 is 0. The average molecular weight is 506 g/mol. The lowest BCUT2D eigenvalue weighted by Gasteiger charge is -2.23. The molecule has 0 radical (unpaired) electrons. The lowest BCUT2D eigenvalue weighted by molar-refractivity contribution is -0.152. The van der Waals surface area contributed by atoms with Crippen LogP contribution in [0.15, 0.2) is 23.3 Å². The topological polar surface area (TPSA) is 147 Å². The minimum atomic E-state index is -1.30. The number of carbonyl (C=O) groups is 5. The molecule has 0 aliphatic carbocycles. The number of carbonyl (C=O) groups excluding carboxylic acids is 5. The van der Waals surface area contributed by atoms with E-state index in [2.05, 4.69) is 10.1 Å². The number of hydrogen-bond acceptors (Lipinski definition) is 8. The number of aliphatic hydroxyl groups is 2. The van der Waals surface area contributed by atoms with Crippen LogP contribution in [-0.2, 0) is 28.7 Å². The number of hydrogen-bond donors (Lipinski definition) is 3. The molecule has 3 atom stereocenters. The van der Waals surface area contributed by atoms with E-state index in [1.807, 2.05) is 12.2 Å². The zero-order valence-corrected chi connectivity index (χ0v) is 21.3. The zero-order chi connectivity index (χ0) is 26.7. The standard InChI is InChI=1S/C27H39NO8/c1-17(22(31)16-20(29)13-19-14-23(32)28-24(33)15-19)11-9-7-5-3-4-6-8-10-12-21(30)25-18(2)26(34)36-27(25)35/h9,11,17,19-20,26,29,34H,3-8,10,12-16H2,1-2H3,(H,28,32,33)/b11-9+. The van der Waals surface area contributed by atoms with Gasteiger partial charge >= 0.3 is 5.97 Å². The van der Waals surface area contributed by atoms with Crippen LogP contribution in [0.5, 0.6) is 0 Å². The molecule has 2 aliphatic heterocycles. The Morgan fingerprint density at radius 1 is 1.06 bits per heavy atom. The number of allylic oxidation sites excluding steroid dienone is 2. The number of aliphatic hydroxyl groups excluding tert-OH is 2. The van der Waals surface area contributed by atoms with Gasteiger partial charge in [-0.2, -0.15) is 0 Å². The Balaban J connectivity index is 1.51. The Bertz CT molecular complexity index is 874. The van der Waals surface area contributed by atoms with E-state index in [9.17, 15) is 34.2 Å². The summed E-state index contributed by atoms with van der Waals surface area (Å²) in [6, 6.07) is 0. The molecule has 200 valence electrons. The number of ketones is 2. The van der Waals surface area contributed by atoms with Gasteiger partial charge in [0.15, 0.2) is 5.78 Å². The van der Waals surface area contributed by atoms with Gasteiger partial charge in [-0.15, -0.1) is 0 Å². The fourth-order valence-corrected chi connectivity index (χ4v) is 4.56. The van der Waals surface area contributed by atoms with Gasteiger partial charge in [0.2, 0.25) is 18.1 Å². The number of imide groups is 1. The third kappa shape index (κ3) is 9.78. The summed E-state index contributed by atoms with van der Waals surface area (Å²) in [4.78, 5) is 59.0. The van der Waals surface area contributed by atoms with Crippen LogP contribution in [0, 0.1) is 11.8 Å². The molecule has 2 aliphatic rings. The molecule has 2 heterocycles. The normalized spacial score (nSPS) is 20.6. The summed E-state index contributed by atoms with van der Waals surface area (Å²) in [5, 5.41) is 21.9. The number of ether oxygens (including phenoxy) is 1. The third-order valence-corrected chi connectivity index (χ3v) is 6.69. The van der Waals surface area contributed by atoms with Crippen molar-refractivity contribution in [3.8, 4) is 0 Å². The van der Waals surface area contributed by atoms with Crippen LogP contribution < -0.4 is 5.32 Å². The number of nitrogens with one attached hydrogen (secondary N) is 1. The number of cyclic esters (lactones) is 1. The predicted octanol–water partition coefficient (Wildman–Crippen LogP) is 2.82. The van der Waals surface area contributed by atoms with Crippen molar-refractivity contribution in [2.75, 3.05) is 0 Å². The maximum atomic E-state index is 12.4. The monoisotopic (exact) mass is 505 g/mol. The lowest BCUT2D eigenvalue weighted by Crippen LogP contribution is -2.39. The number of amides is 2. The highest BCUT2D eigenvalue weighted by molar-refractivity contribution is 6.19. The van der Waals surface area contributed by atoms with Crippen molar-refractivity contribution in [2.24, 2.45) is 11.8 Å². The number of unbranched alkanes of at least 4 members (excludes halogenated alkanes) is 6. The van der Waals surface area contributed by atoms with Crippen LogP contribution in [0.4, 0.5) is 0 Å². The Morgan fingerprint density at radius 2 is 1.67 bits per heavy atom. The fraction of sp³-hybridized carbons (Fsp3) is 0.667. The van der Waals surface area contributed by atoms with Gasteiger partial charge in [0.05, 0.1) is 6.10 Å². The Morgan fingerprint density at radius 3 is 2.28 bits per heavy atom. The van der Waals surface area contributed by atoms with Crippen molar-refractivity contribution < 1.29 is 38.9 Å². The summed E-state index contributed by atoms with van der Waals surface area (Å²) in [5.74, 6) is -2.25. The molecule has 1 saturated heterocycles.